The van der Waals surface area contributed by atoms with E-state index in [1.807, 2.05) is 41.0 Å². The van der Waals surface area contributed by atoms with Crippen LogP contribution < -0.4 is 43.7 Å². The second-order valence-electron chi connectivity index (χ2n) is 8.71. The van der Waals surface area contributed by atoms with Gasteiger partial charge < -0.3 is 14.6 Å². The van der Waals surface area contributed by atoms with Crippen molar-refractivity contribution in [2.24, 2.45) is 0 Å². The van der Waals surface area contributed by atoms with E-state index in [-0.39, 0.29) is 43.7 Å². The summed E-state index contributed by atoms with van der Waals surface area (Å²) in [6.07, 6.45) is 0. The highest BCUT2D eigenvalue weighted by Crippen LogP contribution is 2.39. The molecule has 0 amide bonds. The first-order chi connectivity index (χ1) is 17.1. The molecule has 0 atom stereocenters. The third kappa shape index (κ3) is 2.98. The standard InChI is InChI=1S/C24H9B8NO2S/c25-15-13-14-16(26)22(32(34)35)19(29)21(31)24(14)33(23(13)20(30)18(28)17(15)27)9-5-3-7-11-12(9)8-4-1-2-6-10(8)36-11/h1-7,34-35H. The fourth-order valence-corrected chi connectivity index (χ4v) is 6.30. The largest absolute Gasteiger partial charge is 0.487 e. The maximum atomic E-state index is 10.1. The van der Waals surface area contributed by atoms with Crippen LogP contribution in [0.1, 0.15) is 0 Å². The summed E-state index contributed by atoms with van der Waals surface area (Å²) in [5, 5.41) is 22.9. The van der Waals surface area contributed by atoms with Crippen molar-refractivity contribution in [2.75, 3.05) is 0 Å². The summed E-state index contributed by atoms with van der Waals surface area (Å²) in [6.45, 7) is 0. The number of nitrogens with zero attached hydrogens (tertiary/aromatic N) is 1. The smallest absolute Gasteiger partial charge is 0.423 e. The molecule has 3 nitrogen and oxygen atoms in total. The maximum Gasteiger partial charge on any atom is 0.487 e. The molecule has 2 heterocycles. The highest BCUT2D eigenvalue weighted by atomic mass is 32.1. The van der Waals surface area contributed by atoms with Crippen molar-refractivity contribution >= 4 is 159 Å². The molecule has 6 aromatic rings. The molecule has 36 heavy (non-hydrogen) atoms. The third-order valence-corrected chi connectivity index (χ3v) is 7.98. The van der Waals surface area contributed by atoms with Gasteiger partial charge in [0, 0.05) is 31.2 Å². The molecule has 14 radical (unpaired) electrons. The molecule has 0 saturated carbocycles. The molecular weight excluding hydrogens is 453 g/mol. The number of aromatic nitrogens is 1. The fourth-order valence-electron chi connectivity index (χ4n) is 5.17. The van der Waals surface area contributed by atoms with E-state index in [1.165, 1.54) is 0 Å². The predicted octanol–water partition coefficient (Wildman–Crippen LogP) is -3.61. The van der Waals surface area contributed by atoms with Crippen molar-refractivity contribution in [3.8, 4) is 5.69 Å². The second-order valence-corrected chi connectivity index (χ2v) is 9.80. The molecule has 0 aliphatic rings. The van der Waals surface area contributed by atoms with Gasteiger partial charge in [-0.05, 0) is 34.4 Å². The molecule has 0 unspecified atom stereocenters. The van der Waals surface area contributed by atoms with Crippen LogP contribution in [0, 0.1) is 0 Å². The van der Waals surface area contributed by atoms with E-state index in [0.29, 0.717) is 21.8 Å². The zero-order chi connectivity index (χ0) is 25.6. The molecule has 4 aromatic carbocycles. The maximum absolute atomic E-state index is 10.1. The van der Waals surface area contributed by atoms with Gasteiger partial charge in [-0.2, -0.15) is 0 Å². The Morgan fingerprint density at radius 1 is 0.583 bits per heavy atom. The van der Waals surface area contributed by atoms with E-state index >= 15 is 0 Å². The van der Waals surface area contributed by atoms with Gasteiger partial charge in [-0.15, -0.1) is 27.7 Å². The molecule has 0 bridgehead atoms. The molecule has 0 spiro atoms. The van der Waals surface area contributed by atoms with Gasteiger partial charge in [0.25, 0.3) is 0 Å². The van der Waals surface area contributed by atoms with Crippen molar-refractivity contribution in [3.05, 3.63) is 42.5 Å². The average molecular weight is 462 g/mol. The zero-order valence-corrected chi connectivity index (χ0v) is 19.7. The van der Waals surface area contributed by atoms with Gasteiger partial charge in [-0.25, -0.2) is 0 Å². The van der Waals surface area contributed by atoms with Crippen LogP contribution in [-0.2, 0) is 0 Å². The Kier molecular flexibility index (Phi) is 5.39. The van der Waals surface area contributed by atoms with Gasteiger partial charge in [0.05, 0.1) is 5.69 Å². The molecular formula is C24H9B8NO2S. The van der Waals surface area contributed by atoms with Gasteiger partial charge >= 0.3 is 7.12 Å². The fraction of sp³-hybridized carbons (Fsp3) is 0. The number of hydrogen-bond acceptors (Lipinski definition) is 3. The minimum Gasteiger partial charge on any atom is -0.423 e. The van der Waals surface area contributed by atoms with E-state index < -0.39 is 7.12 Å². The van der Waals surface area contributed by atoms with Gasteiger partial charge in [-0.3, -0.25) is 0 Å². The average Bonchev–Trinajstić information content (AvgIpc) is 3.41. The van der Waals surface area contributed by atoms with Crippen LogP contribution in [0.15, 0.2) is 42.5 Å². The summed E-state index contributed by atoms with van der Waals surface area (Å²) in [5.41, 5.74) is 2.09. The molecule has 6 rings (SSSR count). The van der Waals surface area contributed by atoms with Crippen LogP contribution >= 0.6 is 11.3 Å². The lowest BCUT2D eigenvalue weighted by Gasteiger charge is -2.19. The van der Waals surface area contributed by atoms with Crippen molar-refractivity contribution in [3.63, 3.8) is 0 Å². The summed E-state index contributed by atoms with van der Waals surface area (Å²) >= 11 is 1.65. The minimum atomic E-state index is -1.97. The molecule has 0 fully saturated rings. The molecule has 0 aliphatic heterocycles. The lowest BCUT2D eigenvalue weighted by Crippen LogP contribution is -2.56. The van der Waals surface area contributed by atoms with Crippen LogP contribution in [0.5, 0.6) is 0 Å². The first-order valence-corrected chi connectivity index (χ1v) is 11.8. The highest BCUT2D eigenvalue weighted by molar-refractivity contribution is 7.25. The number of thiophene rings is 1. The Morgan fingerprint density at radius 3 is 1.86 bits per heavy atom. The van der Waals surface area contributed by atoms with E-state index in [9.17, 15) is 10.0 Å². The Labute approximate surface area is 221 Å². The van der Waals surface area contributed by atoms with Crippen molar-refractivity contribution in [1.29, 1.82) is 0 Å². The zero-order valence-electron chi connectivity index (χ0n) is 18.9. The van der Waals surface area contributed by atoms with E-state index in [1.54, 1.807) is 11.3 Å². The normalized spacial score (nSPS) is 11.8. The summed E-state index contributed by atoms with van der Waals surface area (Å²) in [5.74, 6) is 0. The molecule has 0 saturated heterocycles. The highest BCUT2D eigenvalue weighted by Gasteiger charge is 2.27. The minimum absolute atomic E-state index is 0.00748. The van der Waals surface area contributed by atoms with Crippen molar-refractivity contribution in [2.45, 2.75) is 0 Å². The number of fused-ring (bicyclic) bond motifs is 6. The SMILES string of the molecule is [B]c1c([B])c([B])c2c(c1[B])c1c([B])c(B(O)O)c([B])c([B])c1n2-c1cccc2sc3ccccc3c12. The summed E-state index contributed by atoms with van der Waals surface area (Å²) in [4.78, 5) is 0. The first-order valence-electron chi connectivity index (χ1n) is 11.0. The molecule has 152 valence electrons. The van der Waals surface area contributed by atoms with Crippen molar-refractivity contribution < 1.29 is 10.0 Å². The quantitative estimate of drug-likeness (QED) is 0.262. The topological polar surface area (TPSA) is 45.4 Å². The predicted molar refractivity (Wildman–Crippen MR) is 161 cm³/mol. The van der Waals surface area contributed by atoms with E-state index in [0.717, 1.165) is 25.9 Å². The third-order valence-electron chi connectivity index (χ3n) is 6.84. The Hall–Kier alpha value is -2.66. The van der Waals surface area contributed by atoms with Crippen LogP contribution in [0.2, 0.25) is 0 Å². The van der Waals surface area contributed by atoms with Gasteiger partial charge in [0.15, 0.2) is 0 Å². The number of benzene rings is 4. The monoisotopic (exact) mass is 463 g/mol. The van der Waals surface area contributed by atoms with Crippen molar-refractivity contribution in [1.82, 2.24) is 4.57 Å². The van der Waals surface area contributed by atoms with Gasteiger partial charge in [0.2, 0.25) is 0 Å². The summed E-state index contributed by atoms with van der Waals surface area (Å²) in [7, 11) is 42.9. The van der Waals surface area contributed by atoms with Crippen LogP contribution in [0.3, 0.4) is 0 Å². The first kappa shape index (κ1) is 23.7. The van der Waals surface area contributed by atoms with E-state index in [2.05, 4.69) is 6.07 Å². The number of rotatable bonds is 2. The molecule has 0 aliphatic carbocycles. The lowest BCUT2D eigenvalue weighted by atomic mass is 9.59. The molecule has 12 heteroatoms. The second kappa shape index (κ2) is 8.17. The van der Waals surface area contributed by atoms with E-state index in [4.69, 9.17) is 54.9 Å². The molecule has 2 aromatic heterocycles. The number of hydrogen-bond donors (Lipinski definition) is 2. The molecule has 2 N–H and O–H groups in total. The van der Waals surface area contributed by atoms with Gasteiger partial charge in [0.1, 0.15) is 54.9 Å². The lowest BCUT2D eigenvalue weighted by molar-refractivity contribution is 0.426. The van der Waals surface area contributed by atoms with Crippen LogP contribution in [0.25, 0.3) is 47.7 Å². The summed E-state index contributed by atoms with van der Waals surface area (Å²) < 4.78 is 3.98. The van der Waals surface area contributed by atoms with Crippen LogP contribution in [-0.4, -0.2) is 76.7 Å². The summed E-state index contributed by atoms with van der Waals surface area (Å²) in [6, 6.07) is 14.0. The Bertz CT molecular complexity index is 1910. The van der Waals surface area contributed by atoms with Crippen LogP contribution in [0.4, 0.5) is 0 Å². The Morgan fingerprint density at radius 2 is 1.17 bits per heavy atom. The van der Waals surface area contributed by atoms with Gasteiger partial charge in [-0.1, -0.05) is 46.1 Å². The Balaban J connectivity index is 1.97.